The van der Waals surface area contributed by atoms with E-state index in [1.165, 1.54) is 56.5 Å². The first kappa shape index (κ1) is 34.2. The highest BCUT2D eigenvalue weighted by molar-refractivity contribution is 5.92. The Balaban J connectivity index is 1.76. The molecule has 0 fully saturated rings. The molecule has 0 spiro atoms. The lowest BCUT2D eigenvalue weighted by Crippen LogP contribution is -2.46. The van der Waals surface area contributed by atoms with Gasteiger partial charge in [0.15, 0.2) is 11.5 Å². The normalized spacial score (nSPS) is 12.4. The number of ether oxygens (including phenoxy) is 3. The molecule has 1 heterocycles. The topological polar surface area (TPSA) is 162 Å². The highest BCUT2D eigenvalue weighted by Crippen LogP contribution is 2.34. The SMILES string of the molecule is COc1ccc(C(C(=O)N[C@H](CC(=O)OC(=O)C(F)(F)F)c2cccc(NC(C)=O)c2)N(N)c2ccc3cnccc3c2)cc1OC. The first-order valence-electron chi connectivity index (χ1n) is 13.9. The van der Waals surface area contributed by atoms with Gasteiger partial charge in [-0.1, -0.05) is 24.3 Å². The number of methoxy groups -OCH3 is 2. The van der Waals surface area contributed by atoms with Gasteiger partial charge in [-0.05, 0) is 59.0 Å². The molecule has 15 heteroatoms. The Morgan fingerprint density at radius 3 is 2.34 bits per heavy atom. The van der Waals surface area contributed by atoms with Crippen molar-refractivity contribution in [2.75, 3.05) is 24.5 Å². The van der Waals surface area contributed by atoms with Gasteiger partial charge in [0.1, 0.15) is 6.04 Å². The second-order valence-corrected chi connectivity index (χ2v) is 10.2. The summed E-state index contributed by atoms with van der Waals surface area (Å²) in [6, 6.07) is 14.8. The van der Waals surface area contributed by atoms with Gasteiger partial charge in [-0.3, -0.25) is 24.4 Å². The minimum Gasteiger partial charge on any atom is -0.493 e. The molecular formula is C32H30F3N5O7. The number of carbonyl (C=O) groups excluding carboxylic acids is 4. The van der Waals surface area contributed by atoms with Gasteiger partial charge in [-0.2, -0.15) is 13.2 Å². The lowest BCUT2D eigenvalue weighted by atomic mass is 9.99. The van der Waals surface area contributed by atoms with E-state index in [0.717, 1.165) is 10.8 Å². The molecule has 0 saturated heterocycles. The molecule has 3 aromatic carbocycles. The number of carbonyl (C=O) groups is 4. The summed E-state index contributed by atoms with van der Waals surface area (Å²) in [6.45, 7) is 1.26. The van der Waals surface area contributed by atoms with Gasteiger partial charge in [0, 0.05) is 30.4 Å². The number of nitrogens with one attached hydrogen (secondary N) is 2. The van der Waals surface area contributed by atoms with Gasteiger partial charge in [0.2, 0.25) is 11.8 Å². The van der Waals surface area contributed by atoms with Crippen LogP contribution in [0.3, 0.4) is 0 Å². The van der Waals surface area contributed by atoms with Crippen LogP contribution in [-0.4, -0.2) is 49.1 Å². The second kappa shape index (κ2) is 14.6. The Labute approximate surface area is 266 Å². The van der Waals surface area contributed by atoms with E-state index in [-0.39, 0.29) is 17.0 Å². The summed E-state index contributed by atoms with van der Waals surface area (Å²) in [4.78, 5) is 53.9. The van der Waals surface area contributed by atoms with Gasteiger partial charge in [-0.15, -0.1) is 0 Å². The summed E-state index contributed by atoms with van der Waals surface area (Å²) < 4.78 is 53.2. The molecule has 2 amide bonds. The quantitative estimate of drug-likeness (QED) is 0.0909. The van der Waals surface area contributed by atoms with Crippen molar-refractivity contribution in [1.82, 2.24) is 10.3 Å². The third-order valence-electron chi connectivity index (χ3n) is 6.91. The van der Waals surface area contributed by atoms with Gasteiger partial charge >= 0.3 is 18.1 Å². The van der Waals surface area contributed by atoms with Crippen molar-refractivity contribution in [3.05, 3.63) is 90.3 Å². The molecule has 0 saturated carbocycles. The minimum absolute atomic E-state index is 0.203. The summed E-state index contributed by atoms with van der Waals surface area (Å²) >= 11 is 0. The average molecular weight is 654 g/mol. The van der Waals surface area contributed by atoms with Crippen molar-refractivity contribution < 1.29 is 46.6 Å². The summed E-state index contributed by atoms with van der Waals surface area (Å²) in [6.07, 6.45) is -3.06. The number of alkyl halides is 3. The standard InChI is InChI=1S/C32H30F3N5O7/c1-18(41)38-23-6-4-5-20(13-23)25(16-28(42)47-31(44)32(33,34)35)39-30(43)29(21-8-10-26(45-2)27(15-21)46-3)40(36)24-9-7-22-17-37-12-11-19(22)14-24/h4-15,17,25,29H,16,36H2,1-3H3,(H,38,41)(H,39,43)/t25-,29?/m1/s1. The number of anilines is 2. The maximum absolute atomic E-state index is 14.2. The molecule has 4 N–H and O–H groups in total. The number of aromatic nitrogens is 1. The molecule has 0 radical (unpaired) electrons. The smallest absolute Gasteiger partial charge is 0.491 e. The number of rotatable bonds is 11. The van der Waals surface area contributed by atoms with E-state index in [9.17, 15) is 32.3 Å². The molecule has 4 rings (SSSR count). The molecule has 47 heavy (non-hydrogen) atoms. The van der Waals surface area contributed by atoms with E-state index in [1.807, 2.05) is 0 Å². The van der Waals surface area contributed by atoms with Crippen LogP contribution in [0.25, 0.3) is 10.8 Å². The Morgan fingerprint density at radius 2 is 1.66 bits per heavy atom. The number of halogens is 3. The van der Waals surface area contributed by atoms with E-state index in [2.05, 4.69) is 20.4 Å². The highest BCUT2D eigenvalue weighted by Gasteiger charge is 2.43. The zero-order valence-corrected chi connectivity index (χ0v) is 25.3. The van der Waals surface area contributed by atoms with E-state index in [0.29, 0.717) is 17.0 Å². The Morgan fingerprint density at radius 1 is 0.915 bits per heavy atom. The molecule has 1 unspecified atom stereocenters. The van der Waals surface area contributed by atoms with Gasteiger partial charge in [0.25, 0.3) is 0 Å². The number of hydrogen-bond acceptors (Lipinski definition) is 10. The fraction of sp³-hybridized carbons (Fsp3) is 0.219. The maximum Gasteiger partial charge on any atom is 0.491 e. The molecule has 12 nitrogen and oxygen atoms in total. The predicted molar refractivity (Wildman–Crippen MR) is 164 cm³/mol. The summed E-state index contributed by atoms with van der Waals surface area (Å²) in [5, 5.41) is 7.97. The average Bonchev–Trinajstić information content (AvgIpc) is 3.03. The van der Waals surface area contributed by atoms with E-state index < -0.39 is 48.4 Å². The lowest BCUT2D eigenvalue weighted by molar-refractivity contribution is -0.202. The fourth-order valence-corrected chi connectivity index (χ4v) is 4.75. The van der Waals surface area contributed by atoms with Crippen LogP contribution in [0.5, 0.6) is 11.5 Å². The molecule has 0 aliphatic rings. The van der Waals surface area contributed by atoms with Crippen LogP contribution in [0.2, 0.25) is 0 Å². The van der Waals surface area contributed by atoms with E-state index in [4.69, 9.17) is 15.3 Å². The molecule has 0 bridgehead atoms. The number of hydrogen-bond donors (Lipinski definition) is 3. The zero-order valence-electron chi connectivity index (χ0n) is 25.3. The Hall–Kier alpha value is -5.70. The number of benzene rings is 3. The van der Waals surface area contributed by atoms with Crippen LogP contribution in [0.4, 0.5) is 24.5 Å². The molecule has 246 valence electrons. The summed E-state index contributed by atoms with van der Waals surface area (Å²) in [5.41, 5.74) is 1.20. The molecule has 4 aromatic rings. The van der Waals surface area contributed by atoms with Gasteiger partial charge < -0.3 is 24.8 Å². The van der Waals surface area contributed by atoms with Crippen LogP contribution in [0.15, 0.2) is 79.1 Å². The van der Waals surface area contributed by atoms with Crippen LogP contribution in [0.1, 0.15) is 36.6 Å². The number of esters is 2. The number of hydrazine groups is 1. The molecule has 0 aliphatic heterocycles. The molecule has 1 aromatic heterocycles. The van der Waals surface area contributed by atoms with E-state index in [1.54, 1.807) is 48.8 Å². The van der Waals surface area contributed by atoms with Crippen LogP contribution in [0, 0.1) is 0 Å². The first-order chi connectivity index (χ1) is 22.3. The van der Waals surface area contributed by atoms with Crippen molar-refractivity contribution in [3.8, 4) is 11.5 Å². The fourth-order valence-electron chi connectivity index (χ4n) is 4.75. The van der Waals surface area contributed by atoms with Crippen molar-refractivity contribution in [3.63, 3.8) is 0 Å². The minimum atomic E-state index is -5.42. The molecule has 0 aliphatic carbocycles. The Kier molecular flexibility index (Phi) is 10.6. The Bertz CT molecular complexity index is 1800. The zero-order chi connectivity index (χ0) is 34.3. The molecule has 2 atom stereocenters. The van der Waals surface area contributed by atoms with Crippen LogP contribution >= 0.6 is 0 Å². The first-order valence-corrected chi connectivity index (χ1v) is 13.9. The van der Waals surface area contributed by atoms with Crippen molar-refractivity contribution in [2.45, 2.75) is 31.6 Å². The number of nitrogens with two attached hydrogens (primary N) is 1. The summed E-state index contributed by atoms with van der Waals surface area (Å²) in [5.74, 6) is 1.77. The van der Waals surface area contributed by atoms with Crippen molar-refractivity contribution in [1.29, 1.82) is 0 Å². The lowest BCUT2D eigenvalue weighted by Gasteiger charge is -2.31. The van der Waals surface area contributed by atoms with Gasteiger partial charge in [-0.25, -0.2) is 10.6 Å². The third-order valence-corrected chi connectivity index (χ3v) is 6.91. The van der Waals surface area contributed by atoms with Crippen LogP contribution < -0.4 is 31.0 Å². The van der Waals surface area contributed by atoms with Crippen LogP contribution in [-0.2, 0) is 23.9 Å². The number of nitrogens with zero attached hydrogens (tertiary/aromatic N) is 2. The monoisotopic (exact) mass is 653 g/mol. The van der Waals surface area contributed by atoms with Gasteiger partial charge in [0.05, 0.1) is 32.4 Å². The number of fused-ring (bicyclic) bond motifs is 1. The van der Waals surface area contributed by atoms with Crippen molar-refractivity contribution in [2.24, 2.45) is 5.84 Å². The number of pyridine rings is 1. The third kappa shape index (κ3) is 8.52. The maximum atomic E-state index is 14.2. The predicted octanol–water partition coefficient (Wildman–Crippen LogP) is 4.51. The van der Waals surface area contributed by atoms with E-state index >= 15 is 0 Å². The highest BCUT2D eigenvalue weighted by atomic mass is 19.4. The molecular weight excluding hydrogens is 623 g/mol. The second-order valence-electron chi connectivity index (χ2n) is 10.2. The van der Waals surface area contributed by atoms with Crippen molar-refractivity contribution >= 4 is 45.9 Å². The summed E-state index contributed by atoms with van der Waals surface area (Å²) in [7, 11) is 2.84. The largest absolute Gasteiger partial charge is 0.493 e. The number of amides is 2.